The standard InChI is InChI=1S/C19H28FN3O.HI/c1-21-19(23-11-15-5-3-4-6-16(15)12-23)22-10-14-7-8-18(20)17(9-14)13-24-2;/h7-9,15-16H,3-6,10-13H2,1-2H3,(H,21,22);1H. The maximum absolute atomic E-state index is 13.7. The first-order valence-electron chi connectivity index (χ1n) is 8.93. The number of nitrogens with one attached hydrogen (secondary N) is 1. The van der Waals surface area contributed by atoms with Crippen LogP contribution in [0.1, 0.15) is 36.8 Å². The lowest BCUT2D eigenvalue weighted by molar-refractivity contribution is 0.181. The fraction of sp³-hybridized carbons (Fsp3) is 0.632. The molecule has 0 aromatic heterocycles. The van der Waals surface area contributed by atoms with Gasteiger partial charge < -0.3 is 15.0 Å². The van der Waals surface area contributed by atoms with Crippen LogP contribution in [0.2, 0.25) is 0 Å². The normalized spacial score (nSPS) is 23.2. The zero-order valence-corrected chi connectivity index (χ0v) is 17.5. The van der Waals surface area contributed by atoms with Gasteiger partial charge in [-0.15, -0.1) is 24.0 Å². The van der Waals surface area contributed by atoms with Gasteiger partial charge in [-0.05, 0) is 42.4 Å². The Morgan fingerprint density at radius 3 is 2.56 bits per heavy atom. The van der Waals surface area contributed by atoms with Crippen LogP contribution in [0.15, 0.2) is 23.2 Å². The van der Waals surface area contributed by atoms with E-state index < -0.39 is 0 Å². The van der Waals surface area contributed by atoms with Crippen LogP contribution in [0.5, 0.6) is 0 Å². The number of methoxy groups -OCH3 is 1. The van der Waals surface area contributed by atoms with Crippen molar-refractivity contribution in [2.75, 3.05) is 27.2 Å². The number of hydrogen-bond donors (Lipinski definition) is 1. The summed E-state index contributed by atoms with van der Waals surface area (Å²) < 4.78 is 18.8. The monoisotopic (exact) mass is 461 g/mol. The van der Waals surface area contributed by atoms with Gasteiger partial charge in [0.25, 0.3) is 0 Å². The highest BCUT2D eigenvalue weighted by atomic mass is 127. The molecule has 140 valence electrons. The van der Waals surface area contributed by atoms with Crippen molar-refractivity contribution >= 4 is 29.9 Å². The number of halogens is 2. The molecule has 1 aromatic carbocycles. The third-order valence-corrected chi connectivity index (χ3v) is 5.35. The van der Waals surface area contributed by atoms with Gasteiger partial charge in [-0.25, -0.2) is 4.39 Å². The summed E-state index contributed by atoms with van der Waals surface area (Å²) in [6, 6.07) is 5.19. The van der Waals surface area contributed by atoms with Crippen molar-refractivity contribution in [2.24, 2.45) is 16.8 Å². The molecule has 1 heterocycles. The number of nitrogens with zero attached hydrogens (tertiary/aromatic N) is 2. The quantitative estimate of drug-likeness (QED) is 0.421. The summed E-state index contributed by atoms with van der Waals surface area (Å²) in [5, 5.41) is 3.44. The number of fused-ring (bicyclic) bond motifs is 1. The maximum atomic E-state index is 13.7. The predicted octanol–water partition coefficient (Wildman–Crippen LogP) is 3.79. The Bertz CT molecular complexity index is 582. The number of benzene rings is 1. The SMILES string of the molecule is CN=C(NCc1ccc(F)c(COC)c1)N1CC2CCCCC2C1.I. The molecule has 2 atom stereocenters. The third-order valence-electron chi connectivity index (χ3n) is 5.35. The fourth-order valence-electron chi connectivity index (χ4n) is 4.10. The molecular formula is C19H29FIN3O. The van der Waals surface area contributed by atoms with Gasteiger partial charge >= 0.3 is 0 Å². The van der Waals surface area contributed by atoms with Crippen LogP contribution in [0.25, 0.3) is 0 Å². The van der Waals surface area contributed by atoms with E-state index >= 15 is 0 Å². The first-order valence-corrected chi connectivity index (χ1v) is 8.93. The van der Waals surface area contributed by atoms with Gasteiger partial charge in [0, 0.05) is 39.4 Å². The van der Waals surface area contributed by atoms with E-state index in [0.717, 1.165) is 36.4 Å². The van der Waals surface area contributed by atoms with E-state index in [1.54, 1.807) is 7.11 Å². The number of hydrogen-bond acceptors (Lipinski definition) is 2. The molecule has 0 amide bonds. The van der Waals surface area contributed by atoms with Crippen LogP contribution in [0.4, 0.5) is 4.39 Å². The van der Waals surface area contributed by atoms with Gasteiger partial charge in [0.05, 0.1) is 6.61 Å². The van der Waals surface area contributed by atoms with Crippen LogP contribution in [-0.2, 0) is 17.9 Å². The van der Waals surface area contributed by atoms with Gasteiger partial charge in [-0.3, -0.25) is 4.99 Å². The summed E-state index contributed by atoms with van der Waals surface area (Å²) >= 11 is 0. The summed E-state index contributed by atoms with van der Waals surface area (Å²) in [5.74, 6) is 2.41. The highest BCUT2D eigenvalue weighted by Gasteiger charge is 2.35. The van der Waals surface area contributed by atoms with E-state index in [2.05, 4.69) is 15.2 Å². The van der Waals surface area contributed by atoms with Crippen LogP contribution in [-0.4, -0.2) is 38.1 Å². The first-order chi connectivity index (χ1) is 11.7. The van der Waals surface area contributed by atoms with E-state index in [-0.39, 0.29) is 29.8 Å². The van der Waals surface area contributed by atoms with Gasteiger partial charge in [0.15, 0.2) is 5.96 Å². The highest BCUT2D eigenvalue weighted by molar-refractivity contribution is 14.0. The molecule has 2 aliphatic rings. The Morgan fingerprint density at radius 1 is 1.28 bits per heavy atom. The van der Waals surface area contributed by atoms with Crippen molar-refractivity contribution in [1.29, 1.82) is 0 Å². The van der Waals surface area contributed by atoms with E-state index in [4.69, 9.17) is 4.74 Å². The largest absolute Gasteiger partial charge is 0.380 e. The minimum absolute atomic E-state index is 0. The zero-order valence-electron chi connectivity index (χ0n) is 15.1. The maximum Gasteiger partial charge on any atom is 0.193 e. The Hall–Kier alpha value is -0.890. The molecule has 1 saturated carbocycles. The summed E-state index contributed by atoms with van der Waals surface area (Å²) in [6.07, 6.45) is 5.46. The molecule has 0 bridgehead atoms. The van der Waals surface area contributed by atoms with Gasteiger partial charge in [0.1, 0.15) is 5.82 Å². The Balaban J connectivity index is 0.00000225. The lowest BCUT2D eigenvalue weighted by atomic mass is 9.82. The molecule has 25 heavy (non-hydrogen) atoms. The molecule has 1 N–H and O–H groups in total. The van der Waals surface area contributed by atoms with Gasteiger partial charge in [-0.1, -0.05) is 18.9 Å². The smallest absolute Gasteiger partial charge is 0.193 e. The predicted molar refractivity (Wildman–Crippen MR) is 110 cm³/mol. The van der Waals surface area contributed by atoms with Crippen molar-refractivity contribution in [3.05, 3.63) is 35.1 Å². The number of ether oxygens (including phenoxy) is 1. The van der Waals surface area contributed by atoms with Crippen LogP contribution >= 0.6 is 24.0 Å². The molecule has 1 aliphatic heterocycles. The number of likely N-dealkylation sites (tertiary alicyclic amines) is 1. The van der Waals surface area contributed by atoms with Gasteiger partial charge in [-0.2, -0.15) is 0 Å². The van der Waals surface area contributed by atoms with E-state index in [1.807, 2.05) is 19.2 Å². The van der Waals surface area contributed by atoms with Crippen molar-refractivity contribution in [1.82, 2.24) is 10.2 Å². The van der Waals surface area contributed by atoms with Gasteiger partial charge in [0.2, 0.25) is 0 Å². The molecule has 6 heteroatoms. The molecular weight excluding hydrogens is 432 g/mol. The Morgan fingerprint density at radius 2 is 1.96 bits per heavy atom. The third kappa shape index (κ3) is 5.06. The van der Waals surface area contributed by atoms with E-state index in [9.17, 15) is 4.39 Å². The highest BCUT2D eigenvalue weighted by Crippen LogP contribution is 2.35. The van der Waals surface area contributed by atoms with Crippen molar-refractivity contribution in [2.45, 2.75) is 38.8 Å². The lowest BCUT2D eigenvalue weighted by Gasteiger charge is -2.22. The van der Waals surface area contributed by atoms with Crippen molar-refractivity contribution in [3.8, 4) is 0 Å². The molecule has 2 fully saturated rings. The second-order valence-electron chi connectivity index (χ2n) is 6.97. The minimum Gasteiger partial charge on any atom is -0.380 e. The van der Waals surface area contributed by atoms with E-state index in [0.29, 0.717) is 18.7 Å². The fourth-order valence-corrected chi connectivity index (χ4v) is 4.10. The minimum atomic E-state index is -0.214. The topological polar surface area (TPSA) is 36.9 Å². The second kappa shape index (κ2) is 9.71. The summed E-state index contributed by atoms with van der Waals surface area (Å²) in [6.45, 7) is 3.17. The van der Waals surface area contributed by atoms with Crippen LogP contribution < -0.4 is 5.32 Å². The van der Waals surface area contributed by atoms with Crippen molar-refractivity contribution in [3.63, 3.8) is 0 Å². The molecule has 2 unspecified atom stereocenters. The average Bonchev–Trinajstić information content (AvgIpc) is 3.02. The lowest BCUT2D eigenvalue weighted by Crippen LogP contribution is -2.39. The summed E-state index contributed by atoms with van der Waals surface area (Å²) in [4.78, 5) is 6.84. The second-order valence-corrected chi connectivity index (χ2v) is 6.97. The van der Waals surface area contributed by atoms with Crippen LogP contribution in [0, 0.1) is 17.7 Å². The van der Waals surface area contributed by atoms with E-state index in [1.165, 1.54) is 31.7 Å². The number of rotatable bonds is 4. The molecule has 1 aliphatic carbocycles. The zero-order chi connectivity index (χ0) is 16.9. The molecule has 4 nitrogen and oxygen atoms in total. The summed E-state index contributed by atoms with van der Waals surface area (Å²) in [5.41, 5.74) is 1.64. The molecule has 1 saturated heterocycles. The molecule has 3 rings (SSSR count). The number of guanidine groups is 1. The van der Waals surface area contributed by atoms with Crippen molar-refractivity contribution < 1.29 is 9.13 Å². The Kier molecular flexibility index (Phi) is 7.93. The summed E-state index contributed by atoms with van der Waals surface area (Å²) in [7, 11) is 3.42. The Labute approximate surface area is 167 Å². The molecule has 0 spiro atoms. The molecule has 0 radical (unpaired) electrons. The van der Waals surface area contributed by atoms with Crippen LogP contribution in [0.3, 0.4) is 0 Å². The molecule has 1 aromatic rings. The first kappa shape index (κ1) is 20.4. The average molecular weight is 461 g/mol. The number of aliphatic imine (C=N–C) groups is 1.